The van der Waals surface area contributed by atoms with Crippen LogP contribution in [0, 0.1) is 17.1 Å². The van der Waals surface area contributed by atoms with E-state index in [-0.39, 0.29) is 37.2 Å². The molecule has 0 spiro atoms. The summed E-state index contributed by atoms with van der Waals surface area (Å²) in [4.78, 5) is 4.72. The molecule has 35 heavy (non-hydrogen) atoms. The van der Waals surface area contributed by atoms with Gasteiger partial charge in [0, 0.05) is 31.2 Å². The predicted molar refractivity (Wildman–Crippen MR) is 136 cm³/mol. The number of halogens is 2. The Morgan fingerprint density at radius 2 is 1.83 bits per heavy atom. The smallest absolute Gasteiger partial charge is 0.123 e. The maximum absolute atomic E-state index is 13.7. The molecule has 1 saturated heterocycles. The fourth-order valence-corrected chi connectivity index (χ4v) is 5.05. The van der Waals surface area contributed by atoms with Gasteiger partial charge in [-0.3, -0.25) is 4.90 Å². The molecule has 0 aromatic heterocycles. The Bertz CT molecular complexity index is 1180. The van der Waals surface area contributed by atoms with E-state index < -0.39 is 0 Å². The van der Waals surface area contributed by atoms with Crippen molar-refractivity contribution in [2.45, 2.75) is 32.0 Å². The Morgan fingerprint density at radius 1 is 1.11 bits per heavy atom. The zero-order chi connectivity index (χ0) is 24.9. The van der Waals surface area contributed by atoms with Crippen LogP contribution in [0.4, 0.5) is 10.1 Å². The molecule has 0 unspecified atom stereocenters. The molecule has 1 aliphatic rings. The van der Waals surface area contributed by atoms with Crippen LogP contribution in [-0.2, 0) is 0 Å². The third-order valence-corrected chi connectivity index (χ3v) is 6.95. The highest BCUT2D eigenvalue weighted by atomic mass is 35.5. The van der Waals surface area contributed by atoms with Crippen molar-refractivity contribution < 1.29 is 14.2 Å². The molecule has 1 aliphatic heterocycles. The van der Waals surface area contributed by atoms with Crippen LogP contribution in [0.5, 0.6) is 5.75 Å². The van der Waals surface area contributed by atoms with Gasteiger partial charge >= 0.3 is 0 Å². The van der Waals surface area contributed by atoms with Crippen molar-refractivity contribution in [2.75, 3.05) is 31.2 Å². The van der Waals surface area contributed by atoms with Gasteiger partial charge in [0.25, 0.3) is 0 Å². The summed E-state index contributed by atoms with van der Waals surface area (Å²) in [6, 6.07) is 22.4. The van der Waals surface area contributed by atoms with E-state index in [9.17, 15) is 4.39 Å². The Hall–Kier alpha value is -3.11. The van der Waals surface area contributed by atoms with E-state index in [1.165, 1.54) is 12.1 Å². The number of anilines is 1. The van der Waals surface area contributed by atoms with Gasteiger partial charge in [0.05, 0.1) is 35.0 Å². The van der Waals surface area contributed by atoms with Gasteiger partial charge in [-0.15, -0.1) is 0 Å². The van der Waals surface area contributed by atoms with Crippen molar-refractivity contribution in [1.29, 1.82) is 5.26 Å². The molecule has 0 aliphatic carbocycles. The Kier molecular flexibility index (Phi) is 7.92. The number of ether oxygens (including phenoxy) is 1. The van der Waals surface area contributed by atoms with E-state index >= 15 is 0 Å². The highest BCUT2D eigenvalue weighted by molar-refractivity contribution is 6.33. The van der Waals surface area contributed by atoms with Crippen LogP contribution in [0.3, 0.4) is 0 Å². The van der Waals surface area contributed by atoms with Crippen LogP contribution in [0.15, 0.2) is 66.7 Å². The number of aliphatic hydroxyl groups is 1. The van der Waals surface area contributed by atoms with Crippen molar-refractivity contribution in [3.8, 4) is 11.8 Å². The third kappa shape index (κ3) is 5.59. The minimum absolute atomic E-state index is 0.0469. The number of benzene rings is 3. The maximum Gasteiger partial charge on any atom is 0.123 e. The summed E-state index contributed by atoms with van der Waals surface area (Å²) in [6.07, 6.45) is 0. The molecule has 1 heterocycles. The van der Waals surface area contributed by atoms with Crippen molar-refractivity contribution >= 4 is 17.3 Å². The van der Waals surface area contributed by atoms with E-state index in [0.717, 1.165) is 23.4 Å². The molecule has 1 fully saturated rings. The topological polar surface area (TPSA) is 59.7 Å². The second-order valence-electron chi connectivity index (χ2n) is 8.86. The zero-order valence-electron chi connectivity index (χ0n) is 19.9. The van der Waals surface area contributed by atoms with E-state index in [1.54, 1.807) is 6.07 Å². The average Bonchev–Trinajstić information content (AvgIpc) is 2.87. The van der Waals surface area contributed by atoms with Crippen LogP contribution in [0.1, 0.15) is 42.6 Å². The van der Waals surface area contributed by atoms with Gasteiger partial charge in [0.1, 0.15) is 18.2 Å². The lowest BCUT2D eigenvalue weighted by Crippen LogP contribution is -2.54. The van der Waals surface area contributed by atoms with Crippen molar-refractivity contribution in [3.05, 3.63) is 94.3 Å². The molecule has 0 bridgehead atoms. The molecule has 182 valence electrons. The number of hydrogen-bond donors (Lipinski definition) is 1. The number of aliphatic hydroxyl groups excluding tert-OH is 1. The molecule has 0 amide bonds. The number of rotatable bonds is 7. The first kappa shape index (κ1) is 25.0. The molecule has 3 aromatic carbocycles. The average molecular weight is 494 g/mol. The summed E-state index contributed by atoms with van der Waals surface area (Å²) in [5.41, 5.74) is 3.68. The normalized spacial score (nSPS) is 19.3. The van der Waals surface area contributed by atoms with Gasteiger partial charge in [0.15, 0.2) is 0 Å². The Balaban J connectivity index is 1.66. The Labute approximate surface area is 210 Å². The summed E-state index contributed by atoms with van der Waals surface area (Å²) < 4.78 is 19.2. The standard InChI is InChI=1S/C28H29ClFN3O2/c1-19-17-33(27-12-11-25(15-26(27)29)35-14-13-34)28(23-7-9-24(30)10-8-23)18-32(19)20(2)22-5-3-21(16-31)4-6-22/h3-12,15,19-20,28,34H,13-14,17-18H2,1-2H3/t19-,20-,28+/m1/s1. The van der Waals surface area contributed by atoms with Gasteiger partial charge in [0.2, 0.25) is 0 Å². The van der Waals surface area contributed by atoms with E-state index in [2.05, 4.69) is 29.7 Å². The fraction of sp³-hybridized carbons (Fsp3) is 0.321. The minimum Gasteiger partial charge on any atom is -0.491 e. The molecular formula is C28H29ClFN3O2. The van der Waals surface area contributed by atoms with Gasteiger partial charge in [-0.05, 0) is 61.4 Å². The molecule has 1 N–H and O–H groups in total. The van der Waals surface area contributed by atoms with Gasteiger partial charge in [-0.1, -0.05) is 35.9 Å². The van der Waals surface area contributed by atoms with Crippen LogP contribution in [-0.4, -0.2) is 42.4 Å². The molecule has 5 nitrogen and oxygen atoms in total. The molecule has 7 heteroatoms. The number of hydrogen-bond acceptors (Lipinski definition) is 5. The van der Waals surface area contributed by atoms with Crippen LogP contribution >= 0.6 is 11.6 Å². The van der Waals surface area contributed by atoms with Crippen LogP contribution < -0.4 is 9.64 Å². The second-order valence-corrected chi connectivity index (χ2v) is 9.27. The first-order valence-corrected chi connectivity index (χ1v) is 12.1. The largest absolute Gasteiger partial charge is 0.491 e. The fourth-order valence-electron chi connectivity index (χ4n) is 4.77. The number of piperazine rings is 1. The molecular weight excluding hydrogens is 465 g/mol. The zero-order valence-corrected chi connectivity index (χ0v) is 20.6. The maximum atomic E-state index is 13.7. The first-order valence-electron chi connectivity index (χ1n) is 11.7. The summed E-state index contributed by atoms with van der Waals surface area (Å²) >= 11 is 6.71. The summed E-state index contributed by atoms with van der Waals surface area (Å²) in [6.45, 7) is 5.95. The van der Waals surface area contributed by atoms with Gasteiger partial charge < -0.3 is 14.7 Å². The van der Waals surface area contributed by atoms with Gasteiger partial charge in [-0.25, -0.2) is 4.39 Å². The monoisotopic (exact) mass is 493 g/mol. The van der Waals surface area contributed by atoms with Crippen LogP contribution in [0.25, 0.3) is 0 Å². The lowest BCUT2D eigenvalue weighted by atomic mass is 9.95. The highest BCUT2D eigenvalue weighted by Gasteiger charge is 2.36. The quantitative estimate of drug-likeness (QED) is 0.455. The Morgan fingerprint density at radius 3 is 2.46 bits per heavy atom. The van der Waals surface area contributed by atoms with Crippen molar-refractivity contribution in [1.82, 2.24) is 4.90 Å². The molecule has 0 saturated carbocycles. The summed E-state index contributed by atoms with van der Waals surface area (Å²) in [5.74, 6) is 0.336. The second kappa shape index (κ2) is 11.1. The van der Waals surface area contributed by atoms with E-state index in [4.69, 9.17) is 26.7 Å². The van der Waals surface area contributed by atoms with E-state index in [0.29, 0.717) is 22.9 Å². The van der Waals surface area contributed by atoms with Crippen molar-refractivity contribution in [3.63, 3.8) is 0 Å². The van der Waals surface area contributed by atoms with E-state index in [1.807, 2.05) is 48.5 Å². The van der Waals surface area contributed by atoms with Crippen LogP contribution in [0.2, 0.25) is 5.02 Å². The molecule has 3 atom stereocenters. The third-order valence-electron chi connectivity index (χ3n) is 6.65. The summed E-state index contributed by atoms with van der Waals surface area (Å²) in [5, 5.41) is 18.7. The predicted octanol–water partition coefficient (Wildman–Crippen LogP) is 5.73. The first-order chi connectivity index (χ1) is 16.9. The minimum atomic E-state index is -0.268. The lowest BCUT2D eigenvalue weighted by Gasteiger charge is -2.49. The molecule has 3 aromatic rings. The highest BCUT2D eigenvalue weighted by Crippen LogP contribution is 2.40. The molecule has 0 radical (unpaired) electrons. The van der Waals surface area contributed by atoms with Crippen molar-refractivity contribution in [2.24, 2.45) is 0 Å². The summed E-state index contributed by atoms with van der Waals surface area (Å²) in [7, 11) is 0. The van der Waals surface area contributed by atoms with Gasteiger partial charge in [-0.2, -0.15) is 5.26 Å². The lowest BCUT2D eigenvalue weighted by molar-refractivity contribution is 0.115. The number of nitriles is 1. The number of nitrogens with zero attached hydrogens (tertiary/aromatic N) is 3. The SMILES string of the molecule is C[C@@H]1CN(c2ccc(OCCO)cc2Cl)[C@H](c2ccc(F)cc2)CN1[C@H](C)c1ccc(C#N)cc1. The molecule has 4 rings (SSSR count).